The van der Waals surface area contributed by atoms with Crippen LogP contribution in [0.3, 0.4) is 0 Å². The molecule has 4 aliphatic rings. The zero-order valence-corrected chi connectivity index (χ0v) is 17.8. The molecule has 158 valence electrons. The lowest BCUT2D eigenvalue weighted by atomic mass is 9.48. The van der Waals surface area contributed by atoms with Gasteiger partial charge in [-0.1, -0.05) is 11.8 Å². The molecule has 1 amide bonds. The lowest BCUT2D eigenvalue weighted by Crippen LogP contribution is -2.56. The number of thioether (sulfide) groups is 1. The third-order valence-electron chi connectivity index (χ3n) is 7.05. The van der Waals surface area contributed by atoms with Crippen molar-refractivity contribution >= 4 is 23.6 Å². The third-order valence-corrected chi connectivity index (χ3v) is 7.92. The maximum absolute atomic E-state index is 12.6. The van der Waals surface area contributed by atoms with Gasteiger partial charge in [0.15, 0.2) is 5.16 Å². The molecule has 1 aromatic rings. The van der Waals surface area contributed by atoms with E-state index in [1.165, 1.54) is 63.5 Å². The molecule has 0 aliphatic heterocycles. The topological polar surface area (TPSA) is 101 Å². The number of hydrogen-bond donors (Lipinski definition) is 2. The predicted octanol–water partition coefficient (Wildman–Crippen LogP) is 2.30. The van der Waals surface area contributed by atoms with E-state index in [1.807, 2.05) is 0 Å². The molecule has 1 atom stereocenters. The summed E-state index contributed by atoms with van der Waals surface area (Å²) in [7, 11) is 1.29. The Morgan fingerprint density at radius 2 is 1.90 bits per heavy atom. The Morgan fingerprint density at radius 1 is 1.28 bits per heavy atom. The molecule has 4 saturated carbocycles. The summed E-state index contributed by atoms with van der Waals surface area (Å²) < 4.78 is 4.61. The molecule has 0 unspecified atom stereocenters. The molecule has 0 radical (unpaired) electrons. The van der Waals surface area contributed by atoms with Crippen molar-refractivity contribution in [3.05, 3.63) is 22.1 Å². The first-order chi connectivity index (χ1) is 13.8. The van der Waals surface area contributed by atoms with Crippen LogP contribution >= 0.6 is 11.8 Å². The Balaban J connectivity index is 1.33. The molecule has 8 heteroatoms. The number of rotatable bonds is 7. The number of aromatic amines is 1. The second-order valence-corrected chi connectivity index (χ2v) is 10.1. The Hall–Kier alpha value is -1.83. The summed E-state index contributed by atoms with van der Waals surface area (Å²) >= 11 is 1.18. The summed E-state index contributed by atoms with van der Waals surface area (Å²) in [5, 5.41) is 3.57. The number of aromatic nitrogens is 2. The minimum atomic E-state index is -0.457. The molecule has 4 bridgehead atoms. The maximum Gasteiger partial charge on any atom is 0.311 e. The monoisotopic (exact) mass is 419 g/mol. The van der Waals surface area contributed by atoms with Crippen molar-refractivity contribution in [2.24, 2.45) is 23.2 Å². The van der Waals surface area contributed by atoms with E-state index < -0.39 is 5.97 Å². The summed E-state index contributed by atoms with van der Waals surface area (Å²) in [5.74, 6) is 2.23. The second kappa shape index (κ2) is 8.13. The number of methoxy groups -OCH3 is 1. The molecular weight excluding hydrogens is 390 g/mol. The number of H-pyrrole nitrogens is 1. The molecule has 0 saturated heterocycles. The lowest BCUT2D eigenvalue weighted by Gasteiger charge is -2.59. The average Bonchev–Trinajstić information content (AvgIpc) is 2.64. The van der Waals surface area contributed by atoms with Crippen LogP contribution in [-0.4, -0.2) is 40.7 Å². The highest BCUT2D eigenvalue weighted by Gasteiger charge is 2.53. The van der Waals surface area contributed by atoms with Gasteiger partial charge in [0.1, 0.15) is 0 Å². The van der Waals surface area contributed by atoms with Gasteiger partial charge in [0.05, 0.1) is 25.0 Å². The van der Waals surface area contributed by atoms with E-state index in [-0.39, 0.29) is 35.1 Å². The zero-order valence-electron chi connectivity index (χ0n) is 17.0. The molecule has 29 heavy (non-hydrogen) atoms. The van der Waals surface area contributed by atoms with Crippen LogP contribution in [0.2, 0.25) is 0 Å². The van der Waals surface area contributed by atoms with Crippen LogP contribution < -0.4 is 10.9 Å². The van der Waals surface area contributed by atoms with Crippen LogP contribution in [0.25, 0.3) is 0 Å². The van der Waals surface area contributed by atoms with E-state index in [0.29, 0.717) is 10.9 Å². The standard InChI is InChI=1S/C21H29N3O4S/c1-12(21-8-13-3-14(9-21)5-15(4-13)10-21)22-18(26)11-29-20-23-16(6-17(25)24-20)7-19(27)28-2/h6,12-15H,3-5,7-11H2,1-2H3,(H,22,26)(H,23,24,25)/t12-,13?,14?,15?,21?/m1/s1. The second-order valence-electron chi connectivity index (χ2n) is 9.15. The van der Waals surface area contributed by atoms with E-state index in [1.54, 1.807) is 0 Å². The normalized spacial score (nSPS) is 30.8. The molecule has 0 aromatic carbocycles. The molecule has 1 aromatic heterocycles. The summed E-state index contributed by atoms with van der Waals surface area (Å²) in [4.78, 5) is 42.7. The van der Waals surface area contributed by atoms with Crippen LogP contribution in [0.15, 0.2) is 16.0 Å². The quantitative estimate of drug-likeness (QED) is 0.400. The van der Waals surface area contributed by atoms with E-state index in [0.717, 1.165) is 17.8 Å². The van der Waals surface area contributed by atoms with Gasteiger partial charge in [-0.2, -0.15) is 0 Å². The van der Waals surface area contributed by atoms with Gasteiger partial charge in [-0.3, -0.25) is 14.4 Å². The van der Waals surface area contributed by atoms with Gasteiger partial charge in [0, 0.05) is 12.1 Å². The van der Waals surface area contributed by atoms with Crippen molar-refractivity contribution in [2.75, 3.05) is 12.9 Å². The van der Waals surface area contributed by atoms with Crippen molar-refractivity contribution in [1.82, 2.24) is 15.3 Å². The van der Waals surface area contributed by atoms with Gasteiger partial charge < -0.3 is 15.0 Å². The largest absolute Gasteiger partial charge is 0.469 e. The van der Waals surface area contributed by atoms with Gasteiger partial charge >= 0.3 is 5.97 Å². The lowest BCUT2D eigenvalue weighted by molar-refractivity contribution is -0.139. The smallest absolute Gasteiger partial charge is 0.311 e. The number of carbonyl (C=O) groups is 2. The van der Waals surface area contributed by atoms with E-state index in [2.05, 4.69) is 26.9 Å². The van der Waals surface area contributed by atoms with Crippen molar-refractivity contribution in [3.63, 3.8) is 0 Å². The molecule has 4 aliphatic carbocycles. The first kappa shape index (κ1) is 20.4. The number of nitrogens with one attached hydrogen (secondary N) is 2. The third kappa shape index (κ3) is 4.52. The van der Waals surface area contributed by atoms with Crippen molar-refractivity contribution in [2.45, 2.75) is 63.1 Å². The van der Waals surface area contributed by atoms with E-state index >= 15 is 0 Å². The fourth-order valence-electron chi connectivity index (χ4n) is 6.14. The molecular formula is C21H29N3O4S. The molecule has 1 heterocycles. The van der Waals surface area contributed by atoms with Crippen LogP contribution in [0.5, 0.6) is 0 Å². The summed E-state index contributed by atoms with van der Waals surface area (Å²) in [6.45, 7) is 2.16. The maximum atomic E-state index is 12.6. The van der Waals surface area contributed by atoms with Crippen LogP contribution in [0, 0.1) is 23.2 Å². The van der Waals surface area contributed by atoms with E-state index in [4.69, 9.17) is 0 Å². The highest BCUT2D eigenvalue weighted by molar-refractivity contribution is 7.99. The fourth-order valence-corrected chi connectivity index (χ4v) is 6.85. The number of carbonyl (C=O) groups excluding carboxylic acids is 2. The van der Waals surface area contributed by atoms with Gasteiger partial charge in [0.2, 0.25) is 5.91 Å². The molecule has 7 nitrogen and oxygen atoms in total. The minimum absolute atomic E-state index is 0.0423. The first-order valence-electron chi connectivity index (χ1n) is 10.4. The Morgan fingerprint density at radius 3 is 2.48 bits per heavy atom. The SMILES string of the molecule is COC(=O)Cc1cc(=O)[nH]c(SCC(=O)N[C@H](C)C23CC4CC(CC(C4)C2)C3)n1. The number of esters is 1. The summed E-state index contributed by atoms with van der Waals surface area (Å²) in [5.41, 5.74) is 0.261. The highest BCUT2D eigenvalue weighted by Crippen LogP contribution is 2.61. The highest BCUT2D eigenvalue weighted by atomic mass is 32.2. The predicted molar refractivity (Wildman–Crippen MR) is 110 cm³/mol. The van der Waals surface area contributed by atoms with Crippen LogP contribution in [0.4, 0.5) is 0 Å². The molecule has 2 N–H and O–H groups in total. The Kier molecular flexibility index (Phi) is 5.73. The first-order valence-corrected chi connectivity index (χ1v) is 11.4. The van der Waals surface area contributed by atoms with Crippen molar-refractivity contribution in [1.29, 1.82) is 0 Å². The number of amides is 1. The molecule has 4 fully saturated rings. The molecule has 5 rings (SSSR count). The summed E-state index contributed by atoms with van der Waals surface area (Å²) in [6.07, 6.45) is 7.83. The average molecular weight is 420 g/mol. The Labute approximate surface area is 174 Å². The summed E-state index contributed by atoms with van der Waals surface area (Å²) in [6, 6.07) is 1.44. The van der Waals surface area contributed by atoms with Crippen molar-refractivity contribution in [3.8, 4) is 0 Å². The number of nitrogens with zero attached hydrogens (tertiary/aromatic N) is 1. The van der Waals surface area contributed by atoms with Crippen LogP contribution in [-0.2, 0) is 20.7 Å². The van der Waals surface area contributed by atoms with Crippen molar-refractivity contribution < 1.29 is 14.3 Å². The van der Waals surface area contributed by atoms with Gasteiger partial charge in [-0.05, 0) is 68.6 Å². The number of hydrogen-bond acceptors (Lipinski definition) is 6. The minimum Gasteiger partial charge on any atom is -0.469 e. The van der Waals surface area contributed by atoms with Crippen LogP contribution in [0.1, 0.15) is 51.1 Å². The van der Waals surface area contributed by atoms with Gasteiger partial charge in [-0.25, -0.2) is 4.98 Å². The zero-order chi connectivity index (χ0) is 20.6. The molecule has 0 spiro atoms. The van der Waals surface area contributed by atoms with E-state index in [9.17, 15) is 14.4 Å². The fraction of sp³-hybridized carbons (Fsp3) is 0.714. The number of ether oxygens (including phenoxy) is 1. The van der Waals surface area contributed by atoms with Gasteiger partial charge in [0.25, 0.3) is 5.56 Å². The Bertz CT molecular complexity index is 817. The van der Waals surface area contributed by atoms with Gasteiger partial charge in [-0.15, -0.1) is 0 Å².